The van der Waals surface area contributed by atoms with Crippen LogP contribution in [0, 0.1) is 10.8 Å². The van der Waals surface area contributed by atoms with Crippen molar-refractivity contribution in [2.75, 3.05) is 13.2 Å². The summed E-state index contributed by atoms with van der Waals surface area (Å²) >= 11 is 42.7. The third-order valence-electron chi connectivity index (χ3n) is 9.39. The Bertz CT molecular complexity index is 3080. The van der Waals surface area contributed by atoms with E-state index in [2.05, 4.69) is 9.97 Å². The second-order valence-corrected chi connectivity index (χ2v) is 18.7. The third-order valence-corrected chi connectivity index (χ3v) is 11.8. The average molecular weight is 893 g/mol. The van der Waals surface area contributed by atoms with Crippen LogP contribution >= 0.6 is 69.6 Å². The number of nitrogens with one attached hydrogen (secondary N) is 2. The minimum absolute atomic E-state index is 0.109. The molecular weight excluding hydrogens is 861 g/mol. The monoisotopic (exact) mass is 890 g/mol. The SMILES string of the molecule is CC(C)(C)COc1c(Cl)c(Cl)c2c(c1Cl)-c1nc-2nc2[nH]c(nc3nc(nc4[nH]c(n1)c1c(Cl)c(OCC(C)(C)C)c(Cl)c(Cl)c41)-c1ccccc1-3)c1ccccc21. The van der Waals surface area contributed by atoms with Crippen LogP contribution in [0.1, 0.15) is 41.5 Å². The Morgan fingerprint density at radius 2 is 0.845 bits per heavy atom. The van der Waals surface area contributed by atoms with Gasteiger partial charge in [0.2, 0.25) is 0 Å². The Hall–Kier alpha value is -4.42. The second-order valence-electron chi connectivity index (χ2n) is 16.4. The lowest BCUT2D eigenvalue weighted by Gasteiger charge is -2.21. The van der Waals surface area contributed by atoms with Crippen LogP contribution < -0.4 is 9.47 Å². The predicted molar refractivity (Wildman–Crippen MR) is 236 cm³/mol. The number of hydrogen-bond acceptors (Lipinski definition) is 8. The van der Waals surface area contributed by atoms with Crippen LogP contribution in [0.3, 0.4) is 0 Å². The quantitative estimate of drug-likeness (QED) is 0.167. The van der Waals surface area contributed by atoms with Gasteiger partial charge in [-0.05, 0) is 10.8 Å². The molecule has 0 amide bonds. The summed E-state index contributed by atoms with van der Waals surface area (Å²) in [7, 11) is 0. The van der Waals surface area contributed by atoms with E-state index in [-0.39, 0.29) is 82.0 Å². The van der Waals surface area contributed by atoms with Crippen LogP contribution in [0.2, 0.25) is 30.1 Å². The lowest BCUT2D eigenvalue weighted by atomic mass is 9.98. The molecule has 2 aliphatic rings. The molecule has 2 N–H and O–H groups in total. The van der Waals surface area contributed by atoms with Crippen LogP contribution in [0.15, 0.2) is 48.5 Å². The van der Waals surface area contributed by atoms with E-state index in [9.17, 15) is 0 Å². The van der Waals surface area contributed by atoms with Crippen molar-refractivity contribution < 1.29 is 9.47 Å². The number of fused-ring (bicyclic) bond motifs is 20. The summed E-state index contributed by atoms with van der Waals surface area (Å²) < 4.78 is 12.5. The van der Waals surface area contributed by atoms with Crippen LogP contribution in [0.4, 0.5) is 0 Å². The molecule has 8 bridgehead atoms. The topological polar surface area (TPSA) is 127 Å². The van der Waals surface area contributed by atoms with Gasteiger partial charge >= 0.3 is 0 Å². The first-order chi connectivity index (χ1) is 27.5. The summed E-state index contributed by atoms with van der Waals surface area (Å²) in [6, 6.07) is 15.4. The predicted octanol–water partition coefficient (Wildman–Crippen LogP) is 13.6. The number of nitrogens with zero attached hydrogens (tertiary/aromatic N) is 6. The molecule has 0 atom stereocenters. The summed E-state index contributed by atoms with van der Waals surface area (Å²) in [6.07, 6.45) is 0. The van der Waals surface area contributed by atoms with Crippen molar-refractivity contribution in [1.29, 1.82) is 0 Å². The molecule has 0 radical (unpaired) electrons. The Balaban J connectivity index is 1.47. The van der Waals surface area contributed by atoms with Crippen molar-refractivity contribution in [2.45, 2.75) is 41.5 Å². The highest BCUT2D eigenvalue weighted by atomic mass is 35.5. The Morgan fingerprint density at radius 1 is 0.448 bits per heavy atom. The molecule has 0 saturated heterocycles. The maximum absolute atomic E-state index is 7.26. The highest BCUT2D eigenvalue weighted by Gasteiger charge is 2.33. The molecule has 2 aliphatic heterocycles. The summed E-state index contributed by atoms with van der Waals surface area (Å²) in [5, 5.41) is 3.15. The van der Waals surface area contributed by atoms with Gasteiger partial charge in [0.15, 0.2) is 34.8 Å². The van der Waals surface area contributed by atoms with E-state index in [4.69, 9.17) is 109 Å². The normalized spacial score (nSPS) is 12.6. The fraction of sp³-hybridized carbons (Fsp3) is 0.238. The Labute approximate surface area is 362 Å². The highest BCUT2D eigenvalue weighted by molar-refractivity contribution is 6.51. The number of aromatic amines is 2. The summed E-state index contributed by atoms with van der Waals surface area (Å²) in [5.74, 6) is 1.52. The number of H-pyrrole nitrogens is 2. The molecule has 3 aromatic heterocycles. The van der Waals surface area contributed by atoms with Gasteiger partial charge in [0.05, 0.1) is 55.2 Å². The van der Waals surface area contributed by atoms with Gasteiger partial charge in [0, 0.05) is 21.9 Å². The molecule has 0 fully saturated rings. The lowest BCUT2D eigenvalue weighted by molar-refractivity contribution is 0.198. The zero-order valence-corrected chi connectivity index (χ0v) is 36.3. The number of rotatable bonds is 4. The molecule has 5 heterocycles. The molecule has 0 spiro atoms. The molecule has 16 heteroatoms. The van der Waals surface area contributed by atoms with E-state index in [0.29, 0.717) is 51.4 Å². The molecule has 7 aromatic rings. The smallest absolute Gasteiger partial charge is 0.166 e. The number of hydrogen-bond donors (Lipinski definition) is 2. The van der Waals surface area contributed by atoms with Gasteiger partial charge in [-0.15, -0.1) is 0 Å². The number of halogens is 6. The van der Waals surface area contributed by atoms with Crippen LogP contribution in [0.25, 0.3) is 89.7 Å². The molecule has 4 aromatic carbocycles. The third kappa shape index (κ3) is 6.58. The van der Waals surface area contributed by atoms with Crippen molar-refractivity contribution in [3.05, 3.63) is 78.7 Å². The van der Waals surface area contributed by atoms with Gasteiger partial charge in [0.1, 0.15) is 32.6 Å². The largest absolute Gasteiger partial charge is 0.490 e. The fourth-order valence-electron chi connectivity index (χ4n) is 6.76. The van der Waals surface area contributed by atoms with Gasteiger partial charge in [-0.1, -0.05) is 160 Å². The van der Waals surface area contributed by atoms with E-state index < -0.39 is 0 Å². The lowest BCUT2D eigenvalue weighted by Crippen LogP contribution is -2.17. The fourth-order valence-corrected chi connectivity index (χ4v) is 8.54. The minimum Gasteiger partial charge on any atom is -0.490 e. The van der Waals surface area contributed by atoms with E-state index >= 15 is 0 Å². The number of aromatic nitrogens is 8. The Kier molecular flexibility index (Phi) is 9.50. The second kappa shape index (κ2) is 14.1. The minimum atomic E-state index is -0.233. The van der Waals surface area contributed by atoms with Gasteiger partial charge in [-0.25, -0.2) is 29.9 Å². The van der Waals surface area contributed by atoms with Crippen LogP contribution in [-0.4, -0.2) is 53.1 Å². The molecule has 0 aliphatic carbocycles. The highest BCUT2D eigenvalue weighted by Crippen LogP contribution is 2.53. The maximum atomic E-state index is 7.26. The van der Waals surface area contributed by atoms with Crippen molar-refractivity contribution in [3.8, 4) is 57.1 Å². The Morgan fingerprint density at radius 3 is 1.40 bits per heavy atom. The van der Waals surface area contributed by atoms with Crippen molar-refractivity contribution in [3.63, 3.8) is 0 Å². The van der Waals surface area contributed by atoms with Crippen molar-refractivity contribution in [1.82, 2.24) is 39.9 Å². The molecule has 294 valence electrons. The zero-order valence-electron chi connectivity index (χ0n) is 31.8. The summed E-state index contributed by atoms with van der Waals surface area (Å²) in [5.41, 5.74) is 3.25. The van der Waals surface area contributed by atoms with E-state index in [0.717, 1.165) is 21.9 Å². The molecule has 9 rings (SSSR count). The van der Waals surface area contributed by atoms with Crippen molar-refractivity contribution in [2.24, 2.45) is 10.8 Å². The van der Waals surface area contributed by atoms with Gasteiger partial charge in [-0.2, -0.15) is 0 Å². The van der Waals surface area contributed by atoms with Crippen LogP contribution in [0.5, 0.6) is 11.5 Å². The van der Waals surface area contributed by atoms with Crippen molar-refractivity contribution >= 4 is 114 Å². The summed E-state index contributed by atoms with van der Waals surface area (Å²) in [4.78, 5) is 36.9. The molecule has 0 saturated carbocycles. The van der Waals surface area contributed by atoms with E-state index in [1.165, 1.54) is 0 Å². The first kappa shape index (κ1) is 39.1. The van der Waals surface area contributed by atoms with E-state index in [1.807, 2.05) is 90.1 Å². The maximum Gasteiger partial charge on any atom is 0.166 e. The zero-order chi connectivity index (χ0) is 41.0. The number of ether oxygens (including phenoxy) is 2. The standard InChI is InChI=1S/C42H32Cl6N8O2/c1-41(2,3)15-57-31-27(45)23-21(25(43)29(31)47)37-52-35-19-13-9-7-11-17(19)33(50-35)49-34-18-12-8-10-14-20(18)36(51-34)53-38-22-24(40(55-38)56-39(23)54-37)28(46)32(30(48)26(22)44)58-16-42(4,5)6/h7-14H,15-16H2,1-6H3,(H2,49,50,51,52,53,54,55,56). The first-order valence-corrected chi connectivity index (χ1v) is 20.4. The molecule has 58 heavy (non-hydrogen) atoms. The van der Waals surface area contributed by atoms with Gasteiger partial charge in [-0.3, -0.25) is 0 Å². The van der Waals surface area contributed by atoms with E-state index in [1.54, 1.807) is 0 Å². The molecule has 10 nitrogen and oxygen atoms in total. The molecular formula is C42H32Cl6N8O2. The molecule has 0 unspecified atom stereocenters. The van der Waals surface area contributed by atoms with Gasteiger partial charge in [0.25, 0.3) is 0 Å². The number of benzene rings is 4. The first-order valence-electron chi connectivity index (χ1n) is 18.2. The van der Waals surface area contributed by atoms with Gasteiger partial charge < -0.3 is 19.4 Å². The summed E-state index contributed by atoms with van der Waals surface area (Å²) in [6.45, 7) is 12.8. The van der Waals surface area contributed by atoms with Crippen LogP contribution in [-0.2, 0) is 0 Å². The average Bonchev–Trinajstić information content (AvgIpc) is 3.90.